The molecule has 0 spiro atoms. The molecule has 0 aromatic heterocycles. The van der Waals surface area contributed by atoms with Crippen LogP contribution >= 0.6 is 0 Å². The van der Waals surface area contributed by atoms with Gasteiger partial charge in [0.05, 0.1) is 18.1 Å². The lowest BCUT2D eigenvalue weighted by Gasteiger charge is -2.35. The molecule has 1 aliphatic carbocycles. The summed E-state index contributed by atoms with van der Waals surface area (Å²) in [5.41, 5.74) is 5.99. The molecule has 5 nitrogen and oxygen atoms in total. The molecule has 1 heterocycles. The van der Waals surface area contributed by atoms with Gasteiger partial charge in [-0.15, -0.1) is 0 Å². The lowest BCUT2D eigenvalue weighted by atomic mass is 9.79. The Morgan fingerprint density at radius 2 is 2.16 bits per heavy atom. The Morgan fingerprint density at radius 3 is 2.76 bits per heavy atom. The normalized spacial score (nSPS) is 20.8. The van der Waals surface area contributed by atoms with E-state index < -0.39 is 5.41 Å². The van der Waals surface area contributed by atoms with E-state index in [1.54, 1.807) is 12.1 Å². The van der Waals surface area contributed by atoms with Crippen LogP contribution in [0.15, 0.2) is 18.2 Å². The molecule has 6 heteroatoms. The Hall–Kier alpha value is -1.66. The van der Waals surface area contributed by atoms with Crippen molar-refractivity contribution in [3.63, 3.8) is 0 Å². The number of benzene rings is 1. The second-order valence-corrected chi connectivity index (χ2v) is 7.24. The van der Waals surface area contributed by atoms with Crippen LogP contribution in [0.5, 0.6) is 5.75 Å². The fraction of sp³-hybridized carbons (Fsp3) is 0.632. The molecule has 138 valence electrons. The molecule has 1 amide bonds. The summed E-state index contributed by atoms with van der Waals surface area (Å²) >= 11 is 0. The number of hydrogen-bond acceptors (Lipinski definition) is 4. The van der Waals surface area contributed by atoms with Gasteiger partial charge in [-0.05, 0) is 56.2 Å². The molecule has 25 heavy (non-hydrogen) atoms. The SMILES string of the molecule is CC(NC(=O)C1(CN)CCOCC1)c1ccc(OCC2CC2)c(F)c1. The van der Waals surface area contributed by atoms with Gasteiger partial charge in [-0.25, -0.2) is 4.39 Å². The average Bonchev–Trinajstić information content (AvgIpc) is 3.45. The van der Waals surface area contributed by atoms with Crippen molar-refractivity contribution in [3.8, 4) is 5.75 Å². The number of amides is 1. The van der Waals surface area contributed by atoms with Gasteiger partial charge < -0.3 is 20.5 Å². The largest absolute Gasteiger partial charge is 0.490 e. The lowest BCUT2D eigenvalue weighted by molar-refractivity contribution is -0.136. The highest BCUT2D eigenvalue weighted by molar-refractivity contribution is 5.83. The first kappa shape index (κ1) is 18.1. The fourth-order valence-electron chi connectivity index (χ4n) is 3.11. The van der Waals surface area contributed by atoms with Gasteiger partial charge in [-0.2, -0.15) is 0 Å². The zero-order valence-corrected chi connectivity index (χ0v) is 14.7. The number of nitrogens with two attached hydrogens (primary N) is 1. The number of rotatable bonds is 7. The molecule has 1 aromatic rings. The van der Waals surface area contributed by atoms with Crippen molar-refractivity contribution in [1.29, 1.82) is 0 Å². The maximum absolute atomic E-state index is 14.2. The van der Waals surface area contributed by atoms with Crippen molar-refractivity contribution in [3.05, 3.63) is 29.6 Å². The second kappa shape index (κ2) is 7.70. The summed E-state index contributed by atoms with van der Waals surface area (Å²) in [6.07, 6.45) is 3.56. The highest BCUT2D eigenvalue weighted by Gasteiger charge is 2.39. The van der Waals surface area contributed by atoms with Gasteiger partial charge in [0.1, 0.15) is 0 Å². The van der Waals surface area contributed by atoms with Crippen LogP contribution < -0.4 is 15.8 Å². The topological polar surface area (TPSA) is 73.6 Å². The first-order valence-electron chi connectivity index (χ1n) is 9.05. The molecule has 3 rings (SSSR count). The van der Waals surface area contributed by atoms with Crippen molar-refractivity contribution in [2.24, 2.45) is 17.1 Å². The number of halogens is 1. The summed E-state index contributed by atoms with van der Waals surface area (Å²) < 4.78 is 25.1. The average molecular weight is 350 g/mol. The van der Waals surface area contributed by atoms with E-state index in [1.165, 1.54) is 6.07 Å². The number of carbonyl (C=O) groups excluding carboxylic acids is 1. The van der Waals surface area contributed by atoms with Crippen LogP contribution in [0.2, 0.25) is 0 Å². The van der Waals surface area contributed by atoms with Crippen LogP contribution in [0, 0.1) is 17.2 Å². The van der Waals surface area contributed by atoms with Gasteiger partial charge in [0.25, 0.3) is 0 Å². The van der Waals surface area contributed by atoms with Gasteiger partial charge in [0, 0.05) is 19.8 Å². The van der Waals surface area contributed by atoms with Gasteiger partial charge in [0.2, 0.25) is 5.91 Å². The Bertz CT molecular complexity index is 613. The molecule has 1 unspecified atom stereocenters. The first-order valence-corrected chi connectivity index (χ1v) is 9.05. The fourth-order valence-corrected chi connectivity index (χ4v) is 3.11. The quantitative estimate of drug-likeness (QED) is 0.793. The molecule has 3 N–H and O–H groups in total. The molecule has 1 aliphatic heterocycles. The molecule has 2 fully saturated rings. The van der Waals surface area contributed by atoms with Crippen molar-refractivity contribution in [2.75, 3.05) is 26.4 Å². The van der Waals surface area contributed by atoms with Crippen LogP contribution in [0.3, 0.4) is 0 Å². The highest BCUT2D eigenvalue weighted by Crippen LogP contribution is 2.32. The smallest absolute Gasteiger partial charge is 0.228 e. The minimum Gasteiger partial charge on any atom is -0.490 e. The molecular formula is C19H27FN2O3. The lowest BCUT2D eigenvalue weighted by Crippen LogP contribution is -2.49. The molecule has 0 radical (unpaired) electrons. The van der Waals surface area contributed by atoms with Gasteiger partial charge in [0.15, 0.2) is 11.6 Å². The zero-order valence-electron chi connectivity index (χ0n) is 14.7. The minimum atomic E-state index is -0.585. The van der Waals surface area contributed by atoms with E-state index in [4.69, 9.17) is 15.2 Å². The van der Waals surface area contributed by atoms with Crippen LogP contribution in [0.1, 0.15) is 44.2 Å². The van der Waals surface area contributed by atoms with E-state index in [0.29, 0.717) is 44.1 Å². The van der Waals surface area contributed by atoms with E-state index >= 15 is 0 Å². The van der Waals surface area contributed by atoms with Crippen molar-refractivity contribution in [2.45, 2.75) is 38.6 Å². The molecule has 1 aromatic carbocycles. The first-order chi connectivity index (χ1) is 12.0. The number of hydrogen-bond donors (Lipinski definition) is 2. The Balaban J connectivity index is 1.62. The van der Waals surface area contributed by atoms with E-state index in [0.717, 1.165) is 12.8 Å². The predicted molar refractivity (Wildman–Crippen MR) is 92.7 cm³/mol. The summed E-state index contributed by atoms with van der Waals surface area (Å²) in [7, 11) is 0. The maximum Gasteiger partial charge on any atom is 0.228 e. The van der Waals surface area contributed by atoms with Crippen molar-refractivity contribution in [1.82, 2.24) is 5.32 Å². The second-order valence-electron chi connectivity index (χ2n) is 7.24. The summed E-state index contributed by atoms with van der Waals surface area (Å²) in [5, 5.41) is 2.98. The van der Waals surface area contributed by atoms with Crippen LogP contribution in [-0.4, -0.2) is 32.3 Å². The minimum absolute atomic E-state index is 0.0831. The zero-order chi connectivity index (χ0) is 17.9. The number of nitrogens with one attached hydrogen (secondary N) is 1. The molecule has 2 aliphatic rings. The summed E-state index contributed by atoms with van der Waals surface area (Å²) in [6.45, 7) is 3.79. The van der Waals surface area contributed by atoms with E-state index in [-0.39, 0.29) is 30.1 Å². The van der Waals surface area contributed by atoms with Crippen LogP contribution in [-0.2, 0) is 9.53 Å². The highest BCUT2D eigenvalue weighted by atomic mass is 19.1. The van der Waals surface area contributed by atoms with Crippen molar-refractivity contribution < 1.29 is 18.7 Å². The molecule has 1 saturated heterocycles. The Kier molecular flexibility index (Phi) is 5.59. The van der Waals surface area contributed by atoms with Crippen LogP contribution in [0.4, 0.5) is 4.39 Å². The standard InChI is InChI=1S/C19H27FN2O3/c1-13(22-18(23)19(12-21)6-8-24-9-7-19)15-4-5-17(16(20)10-15)25-11-14-2-3-14/h4-5,10,13-14H,2-3,6-9,11-12,21H2,1H3,(H,22,23). The number of carbonyl (C=O) groups is 1. The maximum atomic E-state index is 14.2. The monoisotopic (exact) mass is 350 g/mol. The van der Waals surface area contributed by atoms with E-state index in [9.17, 15) is 9.18 Å². The molecule has 1 saturated carbocycles. The number of ether oxygens (including phenoxy) is 2. The molecular weight excluding hydrogens is 323 g/mol. The third-order valence-electron chi connectivity index (χ3n) is 5.30. The summed E-state index contributed by atoms with van der Waals surface area (Å²) in [4.78, 5) is 12.7. The third-order valence-corrected chi connectivity index (χ3v) is 5.30. The van der Waals surface area contributed by atoms with Gasteiger partial charge >= 0.3 is 0 Å². The van der Waals surface area contributed by atoms with E-state index in [2.05, 4.69) is 5.32 Å². The summed E-state index contributed by atoms with van der Waals surface area (Å²) in [5.74, 6) is 0.375. The third kappa shape index (κ3) is 4.30. The summed E-state index contributed by atoms with van der Waals surface area (Å²) in [6, 6.07) is 4.58. The predicted octanol–water partition coefficient (Wildman–Crippen LogP) is 2.55. The van der Waals surface area contributed by atoms with Crippen LogP contribution in [0.25, 0.3) is 0 Å². The van der Waals surface area contributed by atoms with Gasteiger partial charge in [-0.1, -0.05) is 6.07 Å². The van der Waals surface area contributed by atoms with Gasteiger partial charge in [-0.3, -0.25) is 4.79 Å². The molecule has 1 atom stereocenters. The van der Waals surface area contributed by atoms with E-state index in [1.807, 2.05) is 6.92 Å². The Labute approximate surface area is 148 Å². The van der Waals surface area contributed by atoms with Crippen molar-refractivity contribution >= 4 is 5.91 Å². The molecule has 0 bridgehead atoms. The Morgan fingerprint density at radius 1 is 1.44 bits per heavy atom.